The molecule has 2 aromatic carbocycles. The van der Waals surface area contributed by atoms with Crippen LogP contribution in [0.2, 0.25) is 0 Å². The van der Waals surface area contributed by atoms with E-state index < -0.39 is 0 Å². The highest BCUT2D eigenvalue weighted by Crippen LogP contribution is 2.66. The van der Waals surface area contributed by atoms with Crippen molar-refractivity contribution in [2.24, 2.45) is 5.92 Å². The minimum Gasteiger partial charge on any atom is -0.302 e. The topological polar surface area (TPSA) is 3.24 Å². The maximum Gasteiger partial charge on any atom is 0.0215 e. The molecular formula is C26H31N. The molecule has 1 nitrogen and oxygen atoms in total. The van der Waals surface area contributed by atoms with Gasteiger partial charge in [0.1, 0.15) is 0 Å². The first-order valence-corrected chi connectivity index (χ1v) is 11.2. The van der Waals surface area contributed by atoms with Gasteiger partial charge < -0.3 is 4.90 Å². The molecule has 3 atom stereocenters. The molecule has 1 heterocycles. The fraction of sp³-hybridized carbons (Fsp3) is 0.538. The molecule has 2 fully saturated rings. The Hall–Kier alpha value is -1.60. The first-order chi connectivity index (χ1) is 13.3. The number of rotatable bonds is 3. The monoisotopic (exact) mass is 357 g/mol. The summed E-state index contributed by atoms with van der Waals surface area (Å²) >= 11 is 0. The quantitative estimate of drug-likeness (QED) is 0.688. The summed E-state index contributed by atoms with van der Waals surface area (Å²) in [5.41, 5.74) is 7.22. The molecule has 140 valence electrons. The van der Waals surface area contributed by atoms with Crippen LogP contribution in [-0.2, 0) is 10.8 Å². The van der Waals surface area contributed by atoms with Crippen molar-refractivity contribution in [3.05, 3.63) is 70.8 Å². The van der Waals surface area contributed by atoms with E-state index in [1.54, 1.807) is 22.3 Å². The van der Waals surface area contributed by atoms with Crippen molar-refractivity contribution in [2.45, 2.75) is 62.2 Å². The predicted molar refractivity (Wildman–Crippen MR) is 111 cm³/mol. The lowest BCUT2D eigenvalue weighted by Crippen LogP contribution is -2.40. The molecule has 1 unspecified atom stereocenters. The van der Waals surface area contributed by atoms with Gasteiger partial charge in [0.15, 0.2) is 0 Å². The van der Waals surface area contributed by atoms with Gasteiger partial charge in [0.05, 0.1) is 0 Å². The van der Waals surface area contributed by atoms with Crippen LogP contribution in [-0.4, -0.2) is 24.5 Å². The lowest BCUT2D eigenvalue weighted by atomic mass is 9.59. The van der Waals surface area contributed by atoms with Gasteiger partial charge in [-0.1, -0.05) is 68.3 Å². The molecular weight excluding hydrogens is 326 g/mol. The standard InChI is InChI=1S/C26H31N/c1-2-25-17-26(23-14-8-7-13-22(23)25)18-27(15-19-9-3-4-10-19)16-24(26)20-11-5-6-12-21(20)25/h5-8,11-14,19,24H,2-4,9-10,15-18H2,1H3/t24-,25?,26-/m1/s1. The lowest BCUT2D eigenvalue weighted by Gasteiger charge is -2.43. The van der Waals surface area contributed by atoms with Crippen LogP contribution in [0.5, 0.6) is 0 Å². The van der Waals surface area contributed by atoms with Crippen LogP contribution >= 0.6 is 0 Å². The van der Waals surface area contributed by atoms with Crippen molar-refractivity contribution in [3.8, 4) is 0 Å². The van der Waals surface area contributed by atoms with E-state index in [0.29, 0.717) is 11.3 Å². The van der Waals surface area contributed by atoms with Gasteiger partial charge in [0.2, 0.25) is 0 Å². The van der Waals surface area contributed by atoms with E-state index in [0.717, 1.165) is 5.92 Å². The highest BCUT2D eigenvalue weighted by Gasteiger charge is 2.62. The molecule has 2 aromatic rings. The van der Waals surface area contributed by atoms with Crippen LogP contribution in [0.1, 0.15) is 73.6 Å². The second kappa shape index (κ2) is 5.70. The molecule has 1 aliphatic heterocycles. The minimum absolute atomic E-state index is 0.243. The summed E-state index contributed by atoms with van der Waals surface area (Å²) in [6, 6.07) is 19.0. The molecule has 1 heteroatoms. The average Bonchev–Trinajstić information content (AvgIpc) is 3.41. The van der Waals surface area contributed by atoms with Gasteiger partial charge in [-0.15, -0.1) is 0 Å². The number of likely N-dealkylation sites (tertiary alicyclic amines) is 1. The van der Waals surface area contributed by atoms with E-state index in [2.05, 4.69) is 60.4 Å². The third kappa shape index (κ3) is 2.04. The Balaban J connectivity index is 1.51. The number of hydrogen-bond acceptors (Lipinski definition) is 1. The summed E-state index contributed by atoms with van der Waals surface area (Å²) in [5.74, 6) is 1.63. The van der Waals surface area contributed by atoms with Crippen LogP contribution in [0.15, 0.2) is 48.5 Å². The SMILES string of the molecule is CCC12C[C@@]3(CN(CC4CCCC4)C[C@@H]3c3ccccc31)c1ccccc12. The highest BCUT2D eigenvalue weighted by atomic mass is 15.2. The Morgan fingerprint density at radius 3 is 2.41 bits per heavy atom. The van der Waals surface area contributed by atoms with E-state index in [4.69, 9.17) is 0 Å². The Bertz CT molecular complexity index is 866. The summed E-state index contributed by atoms with van der Waals surface area (Å²) < 4.78 is 0. The zero-order valence-electron chi connectivity index (χ0n) is 16.6. The van der Waals surface area contributed by atoms with Crippen molar-refractivity contribution in [2.75, 3.05) is 19.6 Å². The van der Waals surface area contributed by atoms with Crippen LogP contribution in [0.25, 0.3) is 0 Å². The smallest absolute Gasteiger partial charge is 0.0215 e. The molecule has 0 aromatic heterocycles. The van der Waals surface area contributed by atoms with Gasteiger partial charge in [0, 0.05) is 36.4 Å². The van der Waals surface area contributed by atoms with Crippen molar-refractivity contribution >= 4 is 0 Å². The molecule has 1 spiro atoms. The Morgan fingerprint density at radius 1 is 0.926 bits per heavy atom. The Morgan fingerprint density at radius 2 is 1.63 bits per heavy atom. The zero-order chi connectivity index (χ0) is 18.1. The second-order valence-electron chi connectivity index (χ2n) is 9.80. The van der Waals surface area contributed by atoms with Crippen molar-refractivity contribution in [1.29, 1.82) is 0 Å². The van der Waals surface area contributed by atoms with Gasteiger partial charge in [-0.05, 0) is 53.9 Å². The lowest BCUT2D eigenvalue weighted by molar-refractivity contribution is 0.251. The van der Waals surface area contributed by atoms with Crippen molar-refractivity contribution in [3.63, 3.8) is 0 Å². The molecule has 0 radical (unpaired) electrons. The van der Waals surface area contributed by atoms with Crippen LogP contribution in [0.4, 0.5) is 0 Å². The third-order valence-electron chi connectivity index (χ3n) is 8.66. The van der Waals surface area contributed by atoms with Crippen LogP contribution in [0.3, 0.4) is 0 Å². The van der Waals surface area contributed by atoms with Crippen molar-refractivity contribution < 1.29 is 0 Å². The normalized spacial score (nSPS) is 34.5. The zero-order valence-corrected chi connectivity index (χ0v) is 16.6. The summed E-state index contributed by atoms with van der Waals surface area (Å²) in [4.78, 5) is 2.85. The fourth-order valence-corrected chi connectivity index (χ4v) is 7.60. The molecule has 1 saturated heterocycles. The molecule has 4 aliphatic rings. The fourth-order valence-electron chi connectivity index (χ4n) is 7.60. The second-order valence-corrected chi connectivity index (χ2v) is 9.80. The first-order valence-electron chi connectivity index (χ1n) is 11.2. The van der Waals surface area contributed by atoms with E-state index >= 15 is 0 Å². The molecule has 1 saturated carbocycles. The number of hydrogen-bond donors (Lipinski definition) is 0. The van der Waals surface area contributed by atoms with Crippen LogP contribution < -0.4 is 0 Å². The minimum atomic E-state index is 0.243. The summed E-state index contributed by atoms with van der Waals surface area (Å²) in [6.45, 7) is 6.29. The van der Waals surface area contributed by atoms with Gasteiger partial charge in [0.25, 0.3) is 0 Å². The number of nitrogens with zero attached hydrogens (tertiary/aromatic N) is 1. The summed E-state index contributed by atoms with van der Waals surface area (Å²) in [5, 5.41) is 0. The van der Waals surface area contributed by atoms with E-state index in [9.17, 15) is 0 Å². The summed E-state index contributed by atoms with van der Waals surface area (Å²) in [6.07, 6.45) is 8.38. The van der Waals surface area contributed by atoms with Crippen molar-refractivity contribution in [1.82, 2.24) is 4.90 Å². The third-order valence-corrected chi connectivity index (χ3v) is 8.66. The Kier molecular flexibility index (Phi) is 3.46. The average molecular weight is 358 g/mol. The highest BCUT2D eigenvalue weighted by molar-refractivity contribution is 5.62. The Labute approximate surface area is 163 Å². The maximum atomic E-state index is 2.85. The largest absolute Gasteiger partial charge is 0.302 e. The molecule has 2 bridgehead atoms. The molecule has 3 aliphatic carbocycles. The summed E-state index contributed by atoms with van der Waals surface area (Å²) in [7, 11) is 0. The van der Waals surface area contributed by atoms with E-state index in [1.165, 1.54) is 58.2 Å². The maximum absolute atomic E-state index is 2.85. The van der Waals surface area contributed by atoms with E-state index in [-0.39, 0.29) is 5.41 Å². The molecule has 6 rings (SSSR count). The van der Waals surface area contributed by atoms with Gasteiger partial charge in [-0.3, -0.25) is 0 Å². The molecule has 0 amide bonds. The first kappa shape index (κ1) is 16.4. The predicted octanol–water partition coefficient (Wildman–Crippen LogP) is 5.63. The molecule has 27 heavy (non-hydrogen) atoms. The number of fused-ring (bicyclic) bond motifs is 3. The van der Waals surface area contributed by atoms with Gasteiger partial charge in [-0.25, -0.2) is 0 Å². The van der Waals surface area contributed by atoms with Gasteiger partial charge in [-0.2, -0.15) is 0 Å². The van der Waals surface area contributed by atoms with E-state index in [1.807, 2.05) is 0 Å². The molecule has 0 N–H and O–H groups in total. The van der Waals surface area contributed by atoms with Crippen LogP contribution in [0, 0.1) is 5.92 Å². The number of benzene rings is 2. The van der Waals surface area contributed by atoms with Gasteiger partial charge >= 0.3 is 0 Å².